The third-order valence-electron chi connectivity index (χ3n) is 7.67. The van der Waals surface area contributed by atoms with Crippen molar-refractivity contribution in [2.75, 3.05) is 19.6 Å². The van der Waals surface area contributed by atoms with Gasteiger partial charge in [0, 0.05) is 37.9 Å². The largest absolute Gasteiger partial charge is 0.481 e. The molecule has 188 valence electrons. The molecule has 9 heteroatoms. The third kappa shape index (κ3) is 5.83. The number of urea groups is 1. The van der Waals surface area contributed by atoms with Crippen LogP contribution in [0.25, 0.3) is 0 Å². The molecular weight excluding hydrogens is 446 g/mol. The molecule has 1 saturated carbocycles. The third-order valence-corrected chi connectivity index (χ3v) is 7.67. The van der Waals surface area contributed by atoms with Crippen molar-refractivity contribution in [1.82, 2.24) is 25.5 Å². The van der Waals surface area contributed by atoms with Crippen molar-refractivity contribution >= 4 is 17.9 Å². The van der Waals surface area contributed by atoms with E-state index in [1.165, 1.54) is 6.42 Å². The van der Waals surface area contributed by atoms with Crippen LogP contribution in [0.15, 0.2) is 42.9 Å². The zero-order valence-electron chi connectivity index (χ0n) is 20.0. The number of aliphatic carboxylic acids is 1. The summed E-state index contributed by atoms with van der Waals surface area (Å²) in [6.07, 6.45) is 10.0. The highest BCUT2D eigenvalue weighted by Crippen LogP contribution is 2.46. The number of aromatic amines is 1. The van der Waals surface area contributed by atoms with Gasteiger partial charge in [0.2, 0.25) is 5.91 Å². The average Bonchev–Trinajstić information content (AvgIpc) is 3.41. The van der Waals surface area contributed by atoms with Gasteiger partial charge >= 0.3 is 12.0 Å². The molecule has 2 fully saturated rings. The Labute approximate surface area is 205 Å². The fraction of sp³-hybridized carbons (Fsp3) is 0.538. The van der Waals surface area contributed by atoms with E-state index in [1.807, 2.05) is 30.3 Å². The predicted octanol–water partition coefficient (Wildman–Crippen LogP) is 3.27. The zero-order chi connectivity index (χ0) is 24.7. The number of H-pyrrole nitrogens is 1. The number of carbonyl (C=O) groups excluding carboxylic acids is 2. The standard InChI is InChI=1S/C26H35N5O4/c32-23(31-15-12-26(13-16-31,24(33)34)20-9-5-2-6-10-20)22(19-7-3-1-4-8-19)30-25(35)28-14-11-21-17-27-18-29-21/h1,3-4,7-8,17-18,20,22H,2,5-6,9-16H2,(H,27,29)(H,33,34)(H2,28,30,35). The Morgan fingerprint density at radius 2 is 1.83 bits per heavy atom. The van der Waals surface area contributed by atoms with Crippen LogP contribution in [0.3, 0.4) is 0 Å². The first kappa shape index (κ1) is 24.8. The Kier molecular flexibility index (Phi) is 8.05. The molecular formula is C26H35N5O4. The SMILES string of the molecule is O=C(NCCc1cnc[nH]1)NC(C(=O)N1CCC(C(=O)O)(C2CCCCC2)CC1)c1ccccc1. The maximum absolute atomic E-state index is 13.6. The van der Waals surface area contributed by atoms with Crippen LogP contribution in [0.4, 0.5) is 4.79 Å². The lowest BCUT2D eigenvalue weighted by Crippen LogP contribution is -2.53. The fourth-order valence-corrected chi connectivity index (χ4v) is 5.61. The van der Waals surface area contributed by atoms with Crippen LogP contribution in [0.2, 0.25) is 0 Å². The van der Waals surface area contributed by atoms with Crippen LogP contribution in [0, 0.1) is 11.3 Å². The molecule has 2 heterocycles. The first-order valence-electron chi connectivity index (χ1n) is 12.6. The van der Waals surface area contributed by atoms with Crippen molar-refractivity contribution < 1.29 is 19.5 Å². The molecule has 0 bridgehead atoms. The minimum atomic E-state index is -0.838. The molecule has 1 aromatic carbocycles. The number of carbonyl (C=O) groups is 3. The van der Waals surface area contributed by atoms with Gasteiger partial charge in [-0.25, -0.2) is 9.78 Å². The van der Waals surface area contributed by atoms with E-state index in [0.29, 0.717) is 44.5 Å². The molecule has 1 aliphatic carbocycles. The van der Waals surface area contributed by atoms with Gasteiger partial charge in [0.1, 0.15) is 6.04 Å². The molecule has 35 heavy (non-hydrogen) atoms. The Hall–Kier alpha value is -3.36. The number of nitrogens with one attached hydrogen (secondary N) is 3. The maximum Gasteiger partial charge on any atom is 0.315 e. The number of rotatable bonds is 8. The second-order valence-corrected chi connectivity index (χ2v) is 9.69. The molecule has 1 atom stereocenters. The van der Waals surface area contributed by atoms with E-state index in [0.717, 1.165) is 31.4 Å². The monoisotopic (exact) mass is 481 g/mol. The Morgan fingerprint density at radius 1 is 1.11 bits per heavy atom. The summed E-state index contributed by atoms with van der Waals surface area (Å²) in [4.78, 5) is 47.3. The molecule has 1 aromatic heterocycles. The number of piperidine rings is 1. The van der Waals surface area contributed by atoms with E-state index >= 15 is 0 Å². The maximum atomic E-state index is 13.6. The molecule has 2 aromatic rings. The van der Waals surface area contributed by atoms with Gasteiger partial charge in [-0.15, -0.1) is 0 Å². The Bertz CT molecular complexity index is 980. The number of aromatic nitrogens is 2. The van der Waals surface area contributed by atoms with E-state index in [4.69, 9.17) is 0 Å². The summed E-state index contributed by atoms with van der Waals surface area (Å²) in [5.74, 6) is -0.761. The van der Waals surface area contributed by atoms with Gasteiger partial charge in [-0.2, -0.15) is 0 Å². The summed E-state index contributed by atoms with van der Waals surface area (Å²) < 4.78 is 0. The summed E-state index contributed by atoms with van der Waals surface area (Å²) in [5, 5.41) is 15.8. The molecule has 3 amide bonds. The van der Waals surface area contributed by atoms with E-state index in [-0.39, 0.29) is 11.8 Å². The predicted molar refractivity (Wildman–Crippen MR) is 130 cm³/mol. The number of hydrogen-bond acceptors (Lipinski definition) is 4. The lowest BCUT2D eigenvalue weighted by molar-refractivity contribution is -0.160. The molecule has 4 N–H and O–H groups in total. The van der Waals surface area contributed by atoms with E-state index < -0.39 is 23.5 Å². The topological polar surface area (TPSA) is 127 Å². The number of amides is 3. The van der Waals surface area contributed by atoms with E-state index in [1.54, 1.807) is 17.4 Å². The fourth-order valence-electron chi connectivity index (χ4n) is 5.61. The van der Waals surface area contributed by atoms with Gasteiger partial charge < -0.3 is 25.6 Å². The van der Waals surface area contributed by atoms with Gasteiger partial charge in [-0.05, 0) is 37.2 Å². The van der Waals surface area contributed by atoms with Crippen LogP contribution in [0.1, 0.15) is 62.2 Å². The van der Waals surface area contributed by atoms with Crippen molar-refractivity contribution in [2.24, 2.45) is 11.3 Å². The Balaban J connectivity index is 1.40. The van der Waals surface area contributed by atoms with Crippen molar-refractivity contribution in [3.8, 4) is 0 Å². The molecule has 4 rings (SSSR count). The second-order valence-electron chi connectivity index (χ2n) is 9.69. The molecule has 1 aliphatic heterocycles. The minimum Gasteiger partial charge on any atom is -0.481 e. The van der Waals surface area contributed by atoms with Gasteiger partial charge in [-0.3, -0.25) is 9.59 Å². The summed E-state index contributed by atoms with van der Waals surface area (Å²) in [7, 11) is 0. The summed E-state index contributed by atoms with van der Waals surface area (Å²) in [5.41, 5.74) is 0.856. The summed E-state index contributed by atoms with van der Waals surface area (Å²) >= 11 is 0. The number of hydrogen-bond donors (Lipinski definition) is 4. The average molecular weight is 482 g/mol. The number of carboxylic acid groups (broad SMARTS) is 1. The van der Waals surface area contributed by atoms with Crippen LogP contribution in [-0.4, -0.2) is 57.5 Å². The summed E-state index contributed by atoms with van der Waals surface area (Å²) in [6, 6.07) is 7.91. The number of imidazole rings is 1. The van der Waals surface area contributed by atoms with Gasteiger partial charge in [0.25, 0.3) is 0 Å². The highest BCUT2D eigenvalue weighted by molar-refractivity contribution is 5.88. The van der Waals surface area contributed by atoms with Crippen LogP contribution < -0.4 is 10.6 Å². The minimum absolute atomic E-state index is 0.176. The van der Waals surface area contributed by atoms with Crippen molar-refractivity contribution in [3.05, 3.63) is 54.1 Å². The van der Waals surface area contributed by atoms with Crippen LogP contribution >= 0.6 is 0 Å². The lowest BCUT2D eigenvalue weighted by atomic mass is 9.64. The van der Waals surface area contributed by atoms with Gasteiger partial charge in [0.15, 0.2) is 0 Å². The van der Waals surface area contributed by atoms with E-state index in [2.05, 4.69) is 20.6 Å². The molecule has 9 nitrogen and oxygen atoms in total. The number of nitrogens with zero attached hydrogens (tertiary/aromatic N) is 2. The van der Waals surface area contributed by atoms with Crippen LogP contribution in [0.5, 0.6) is 0 Å². The molecule has 2 aliphatic rings. The smallest absolute Gasteiger partial charge is 0.315 e. The second kappa shape index (κ2) is 11.4. The number of likely N-dealkylation sites (tertiary alicyclic amines) is 1. The molecule has 0 spiro atoms. The summed E-state index contributed by atoms with van der Waals surface area (Å²) in [6.45, 7) is 1.16. The van der Waals surface area contributed by atoms with Crippen molar-refractivity contribution in [1.29, 1.82) is 0 Å². The molecule has 1 saturated heterocycles. The number of carboxylic acids is 1. The quantitative estimate of drug-likeness (QED) is 0.460. The highest BCUT2D eigenvalue weighted by atomic mass is 16.4. The first-order chi connectivity index (χ1) is 17.0. The van der Waals surface area contributed by atoms with Crippen LogP contribution in [-0.2, 0) is 16.0 Å². The zero-order valence-corrected chi connectivity index (χ0v) is 20.0. The normalized spacial score (nSPS) is 19.0. The highest BCUT2D eigenvalue weighted by Gasteiger charge is 2.48. The van der Waals surface area contributed by atoms with E-state index in [9.17, 15) is 19.5 Å². The first-order valence-corrected chi connectivity index (χ1v) is 12.6. The van der Waals surface area contributed by atoms with Gasteiger partial charge in [0.05, 0.1) is 11.7 Å². The lowest BCUT2D eigenvalue weighted by Gasteiger charge is -2.45. The Morgan fingerprint density at radius 3 is 2.46 bits per heavy atom. The van der Waals surface area contributed by atoms with Crippen molar-refractivity contribution in [2.45, 2.75) is 57.4 Å². The van der Waals surface area contributed by atoms with Crippen molar-refractivity contribution in [3.63, 3.8) is 0 Å². The number of benzene rings is 1. The van der Waals surface area contributed by atoms with Gasteiger partial charge in [-0.1, -0.05) is 49.6 Å². The molecule has 0 radical (unpaired) electrons. The molecule has 1 unspecified atom stereocenters.